The van der Waals surface area contributed by atoms with Crippen molar-refractivity contribution in [3.05, 3.63) is 65.5 Å². The van der Waals surface area contributed by atoms with Crippen molar-refractivity contribution < 1.29 is 23.8 Å². The van der Waals surface area contributed by atoms with Crippen molar-refractivity contribution in [3.8, 4) is 11.1 Å². The van der Waals surface area contributed by atoms with Gasteiger partial charge < -0.3 is 9.84 Å². The number of hydrogen-bond donors (Lipinski definition) is 1. The van der Waals surface area contributed by atoms with Crippen LogP contribution in [0.15, 0.2) is 48.5 Å². The molecule has 0 bridgehead atoms. The van der Waals surface area contributed by atoms with Crippen LogP contribution >= 0.6 is 0 Å². The number of halogens is 1. The van der Waals surface area contributed by atoms with Crippen LogP contribution in [0.25, 0.3) is 17.2 Å². The molecule has 2 rings (SSSR count). The maximum absolute atomic E-state index is 14.4. The van der Waals surface area contributed by atoms with Crippen molar-refractivity contribution in [2.45, 2.75) is 13.3 Å². The fourth-order valence-corrected chi connectivity index (χ4v) is 2.29. The van der Waals surface area contributed by atoms with Crippen LogP contribution < -0.4 is 0 Å². The van der Waals surface area contributed by atoms with Crippen molar-refractivity contribution >= 4 is 18.0 Å². The fourth-order valence-electron chi connectivity index (χ4n) is 2.29. The molecule has 1 N–H and O–H groups in total. The molecular formula is C19H17FO4. The Morgan fingerprint density at radius 1 is 1.21 bits per heavy atom. The lowest BCUT2D eigenvalue weighted by atomic mass is 9.96. The molecular weight excluding hydrogens is 311 g/mol. The topological polar surface area (TPSA) is 63.6 Å². The van der Waals surface area contributed by atoms with Crippen molar-refractivity contribution in [1.29, 1.82) is 0 Å². The Morgan fingerprint density at radius 2 is 1.92 bits per heavy atom. The number of carboxylic acid groups (broad SMARTS) is 1. The Labute approximate surface area is 139 Å². The first-order valence-corrected chi connectivity index (χ1v) is 7.45. The van der Waals surface area contributed by atoms with Gasteiger partial charge in [-0.05, 0) is 41.8 Å². The van der Waals surface area contributed by atoms with Crippen LogP contribution in [0, 0.1) is 5.82 Å². The highest BCUT2D eigenvalue weighted by Gasteiger charge is 2.13. The molecule has 4 nitrogen and oxygen atoms in total. The number of carbonyl (C=O) groups is 2. The molecule has 124 valence electrons. The summed E-state index contributed by atoms with van der Waals surface area (Å²) >= 11 is 0. The first-order chi connectivity index (χ1) is 11.5. The van der Waals surface area contributed by atoms with Gasteiger partial charge in [0.25, 0.3) is 0 Å². The summed E-state index contributed by atoms with van der Waals surface area (Å²) < 4.78 is 19.2. The molecule has 0 atom stereocenters. The quantitative estimate of drug-likeness (QED) is 0.649. The second-order valence-electron chi connectivity index (χ2n) is 5.05. The van der Waals surface area contributed by atoms with E-state index in [2.05, 4.69) is 0 Å². The number of aliphatic carboxylic acids is 1. The minimum atomic E-state index is -1.08. The van der Waals surface area contributed by atoms with E-state index >= 15 is 0 Å². The van der Waals surface area contributed by atoms with Gasteiger partial charge in [0, 0.05) is 11.6 Å². The van der Waals surface area contributed by atoms with Crippen LogP contribution in [0.1, 0.15) is 18.1 Å². The average molecular weight is 328 g/mol. The van der Waals surface area contributed by atoms with Crippen LogP contribution in [0.2, 0.25) is 0 Å². The largest absolute Gasteiger partial charge is 0.481 e. The predicted octanol–water partition coefficient (Wildman–Crippen LogP) is 3.70. The molecule has 0 spiro atoms. The first kappa shape index (κ1) is 17.4. The third kappa shape index (κ3) is 4.52. The van der Waals surface area contributed by atoms with Gasteiger partial charge in [-0.1, -0.05) is 30.3 Å². The summed E-state index contributed by atoms with van der Waals surface area (Å²) in [6, 6.07) is 11.6. The second kappa shape index (κ2) is 8.06. The number of carbonyl (C=O) groups excluding carboxylic acids is 1. The highest BCUT2D eigenvalue weighted by Crippen LogP contribution is 2.27. The lowest BCUT2D eigenvalue weighted by Gasteiger charge is -2.10. The summed E-state index contributed by atoms with van der Waals surface area (Å²) in [5, 5.41) is 8.99. The molecule has 0 amide bonds. The van der Waals surface area contributed by atoms with Gasteiger partial charge in [-0.15, -0.1) is 0 Å². The molecule has 0 saturated carbocycles. The van der Waals surface area contributed by atoms with Gasteiger partial charge in [0.05, 0.1) is 13.0 Å². The first-order valence-electron chi connectivity index (χ1n) is 7.45. The highest BCUT2D eigenvalue weighted by atomic mass is 19.1. The lowest BCUT2D eigenvalue weighted by molar-refractivity contribution is -0.137. The van der Waals surface area contributed by atoms with E-state index in [1.54, 1.807) is 37.3 Å². The number of ether oxygens (including phenoxy) is 1. The minimum Gasteiger partial charge on any atom is -0.481 e. The van der Waals surface area contributed by atoms with Gasteiger partial charge in [0.2, 0.25) is 0 Å². The smallest absolute Gasteiger partial charge is 0.330 e. The molecule has 0 heterocycles. The molecule has 5 heteroatoms. The number of benzene rings is 2. The Morgan fingerprint density at radius 3 is 2.54 bits per heavy atom. The molecule has 0 radical (unpaired) electrons. The SMILES string of the molecule is CCOC(=O)/C=C/c1cc(-c2ccccc2)c(F)cc1CC(=O)O. The fraction of sp³-hybridized carbons (Fsp3) is 0.158. The van der Waals surface area contributed by atoms with Crippen LogP contribution in [-0.2, 0) is 20.7 Å². The van der Waals surface area contributed by atoms with Crippen molar-refractivity contribution in [1.82, 2.24) is 0 Å². The number of hydrogen-bond acceptors (Lipinski definition) is 3. The van der Waals surface area contributed by atoms with E-state index in [9.17, 15) is 14.0 Å². The van der Waals surface area contributed by atoms with E-state index < -0.39 is 17.8 Å². The van der Waals surface area contributed by atoms with E-state index in [0.717, 1.165) is 0 Å². The zero-order chi connectivity index (χ0) is 17.5. The van der Waals surface area contributed by atoms with Crippen LogP contribution in [-0.4, -0.2) is 23.7 Å². The summed E-state index contributed by atoms with van der Waals surface area (Å²) in [4.78, 5) is 22.5. The lowest BCUT2D eigenvalue weighted by Crippen LogP contribution is -2.04. The summed E-state index contributed by atoms with van der Waals surface area (Å²) in [5.41, 5.74) is 1.77. The van der Waals surface area contributed by atoms with E-state index in [4.69, 9.17) is 9.84 Å². The van der Waals surface area contributed by atoms with Crippen molar-refractivity contribution in [2.24, 2.45) is 0 Å². The minimum absolute atomic E-state index is 0.240. The van der Waals surface area contributed by atoms with E-state index in [1.807, 2.05) is 6.07 Å². The average Bonchev–Trinajstić information content (AvgIpc) is 2.54. The Hall–Kier alpha value is -2.95. The standard InChI is InChI=1S/C19H17FO4/c1-2-24-19(23)9-8-14-10-16(13-6-4-3-5-7-13)17(20)11-15(14)12-18(21)22/h3-11H,2,12H2,1H3,(H,21,22)/b9-8+. The zero-order valence-corrected chi connectivity index (χ0v) is 13.2. The van der Waals surface area contributed by atoms with Gasteiger partial charge in [0.1, 0.15) is 5.82 Å². The van der Waals surface area contributed by atoms with Crippen molar-refractivity contribution in [2.75, 3.05) is 6.61 Å². The summed E-state index contributed by atoms with van der Waals surface area (Å²) in [6.45, 7) is 1.93. The molecule has 2 aromatic rings. The summed E-state index contributed by atoms with van der Waals surface area (Å²) in [5.74, 6) is -2.12. The Kier molecular flexibility index (Phi) is 5.84. The zero-order valence-electron chi connectivity index (χ0n) is 13.2. The van der Waals surface area contributed by atoms with Gasteiger partial charge in [-0.25, -0.2) is 9.18 Å². The molecule has 24 heavy (non-hydrogen) atoms. The Balaban J connectivity index is 2.48. The van der Waals surface area contributed by atoms with Crippen molar-refractivity contribution in [3.63, 3.8) is 0 Å². The number of carboxylic acids is 1. The van der Waals surface area contributed by atoms with E-state index in [0.29, 0.717) is 22.3 Å². The van der Waals surface area contributed by atoms with E-state index in [-0.39, 0.29) is 13.0 Å². The molecule has 0 aliphatic rings. The third-order valence-corrected chi connectivity index (χ3v) is 3.34. The predicted molar refractivity (Wildman–Crippen MR) is 88.8 cm³/mol. The second-order valence-corrected chi connectivity index (χ2v) is 5.05. The number of esters is 1. The van der Waals surface area contributed by atoms with Crippen LogP contribution in [0.4, 0.5) is 4.39 Å². The maximum Gasteiger partial charge on any atom is 0.330 e. The van der Waals surface area contributed by atoms with Gasteiger partial charge in [0.15, 0.2) is 0 Å². The molecule has 0 aromatic heterocycles. The third-order valence-electron chi connectivity index (χ3n) is 3.34. The summed E-state index contributed by atoms with van der Waals surface area (Å²) in [7, 11) is 0. The normalized spacial score (nSPS) is 10.8. The molecule has 0 aliphatic heterocycles. The highest BCUT2D eigenvalue weighted by molar-refractivity contribution is 5.88. The number of rotatable bonds is 6. The molecule has 2 aromatic carbocycles. The molecule has 0 fully saturated rings. The van der Waals surface area contributed by atoms with Gasteiger partial charge in [-0.3, -0.25) is 4.79 Å². The van der Waals surface area contributed by atoms with E-state index in [1.165, 1.54) is 18.2 Å². The van der Waals surface area contributed by atoms with Gasteiger partial charge >= 0.3 is 11.9 Å². The van der Waals surface area contributed by atoms with Gasteiger partial charge in [-0.2, -0.15) is 0 Å². The maximum atomic E-state index is 14.4. The summed E-state index contributed by atoms with van der Waals surface area (Å²) in [6.07, 6.45) is 2.31. The molecule has 0 saturated heterocycles. The van der Waals surface area contributed by atoms with Crippen LogP contribution in [0.5, 0.6) is 0 Å². The van der Waals surface area contributed by atoms with Crippen LogP contribution in [0.3, 0.4) is 0 Å². The monoisotopic (exact) mass is 328 g/mol. The molecule has 0 aliphatic carbocycles. The Bertz CT molecular complexity index is 766. The molecule has 0 unspecified atom stereocenters.